The van der Waals surface area contributed by atoms with E-state index in [1.807, 2.05) is 31.2 Å². The zero-order valence-corrected chi connectivity index (χ0v) is 10.2. The van der Waals surface area contributed by atoms with Crippen molar-refractivity contribution in [2.24, 2.45) is 0 Å². The van der Waals surface area contributed by atoms with Gasteiger partial charge in [-0.25, -0.2) is 0 Å². The predicted molar refractivity (Wildman–Crippen MR) is 66.8 cm³/mol. The van der Waals surface area contributed by atoms with E-state index >= 15 is 0 Å². The van der Waals surface area contributed by atoms with Crippen molar-refractivity contribution in [1.82, 2.24) is 4.90 Å². The molecule has 1 aliphatic heterocycles. The lowest BCUT2D eigenvalue weighted by atomic mass is 10.1. The molecule has 2 rings (SSSR count). The van der Waals surface area contributed by atoms with E-state index in [1.165, 1.54) is 12.8 Å². The van der Waals surface area contributed by atoms with Crippen molar-refractivity contribution in [3.05, 3.63) is 29.8 Å². The fourth-order valence-electron chi connectivity index (χ4n) is 2.34. The van der Waals surface area contributed by atoms with Gasteiger partial charge in [0, 0.05) is 5.56 Å². The fraction of sp³-hybridized carbons (Fsp3) is 0.500. The van der Waals surface area contributed by atoms with E-state index in [0.29, 0.717) is 6.61 Å². The molecule has 1 saturated heterocycles. The first kappa shape index (κ1) is 11.9. The van der Waals surface area contributed by atoms with Crippen LogP contribution in [-0.4, -0.2) is 24.6 Å². The molecule has 1 unspecified atom stereocenters. The van der Waals surface area contributed by atoms with Crippen LogP contribution in [0.25, 0.3) is 0 Å². The molecule has 17 heavy (non-hydrogen) atoms. The maximum Gasteiger partial charge on any atom is 0.127 e. The second-order valence-corrected chi connectivity index (χ2v) is 4.25. The van der Waals surface area contributed by atoms with Gasteiger partial charge in [-0.15, -0.1) is 0 Å². The maximum absolute atomic E-state index is 9.39. The third kappa shape index (κ3) is 2.59. The molecule has 0 amide bonds. The van der Waals surface area contributed by atoms with Crippen LogP contribution in [-0.2, 0) is 0 Å². The Morgan fingerprint density at radius 3 is 2.71 bits per heavy atom. The lowest BCUT2D eigenvalue weighted by Crippen LogP contribution is -2.24. The molecule has 3 nitrogen and oxygen atoms in total. The second kappa shape index (κ2) is 5.70. The summed E-state index contributed by atoms with van der Waals surface area (Å²) in [7, 11) is 0. The lowest BCUT2D eigenvalue weighted by Gasteiger charge is -2.23. The van der Waals surface area contributed by atoms with E-state index in [-0.39, 0.29) is 6.04 Å². The monoisotopic (exact) mass is 230 g/mol. The number of para-hydroxylation sites is 1. The smallest absolute Gasteiger partial charge is 0.127 e. The van der Waals surface area contributed by atoms with E-state index in [4.69, 9.17) is 4.74 Å². The van der Waals surface area contributed by atoms with Crippen LogP contribution >= 0.6 is 0 Å². The maximum atomic E-state index is 9.39. The number of benzene rings is 1. The van der Waals surface area contributed by atoms with Crippen molar-refractivity contribution >= 4 is 0 Å². The average Bonchev–Trinajstić information content (AvgIpc) is 2.86. The zero-order valence-electron chi connectivity index (χ0n) is 10.2. The van der Waals surface area contributed by atoms with Gasteiger partial charge in [0.1, 0.15) is 11.8 Å². The number of nitriles is 1. The van der Waals surface area contributed by atoms with Crippen molar-refractivity contribution in [3.8, 4) is 11.8 Å². The van der Waals surface area contributed by atoms with Gasteiger partial charge in [-0.1, -0.05) is 18.2 Å². The SMILES string of the molecule is CCOc1ccccc1C(C#N)N1CCCC1. The van der Waals surface area contributed by atoms with E-state index in [1.54, 1.807) is 0 Å². The Kier molecular flexibility index (Phi) is 4.00. The van der Waals surface area contributed by atoms with Gasteiger partial charge in [0.05, 0.1) is 12.7 Å². The highest BCUT2D eigenvalue weighted by Crippen LogP contribution is 2.31. The van der Waals surface area contributed by atoms with E-state index in [2.05, 4.69) is 11.0 Å². The third-order valence-corrected chi connectivity index (χ3v) is 3.14. The minimum Gasteiger partial charge on any atom is -0.493 e. The Hall–Kier alpha value is -1.53. The summed E-state index contributed by atoms with van der Waals surface area (Å²) in [5.41, 5.74) is 0.999. The number of likely N-dealkylation sites (tertiary alicyclic amines) is 1. The molecule has 1 atom stereocenters. The van der Waals surface area contributed by atoms with Gasteiger partial charge >= 0.3 is 0 Å². The number of hydrogen-bond acceptors (Lipinski definition) is 3. The van der Waals surface area contributed by atoms with Crippen molar-refractivity contribution in [2.45, 2.75) is 25.8 Å². The Morgan fingerprint density at radius 1 is 1.35 bits per heavy atom. The molecule has 1 aliphatic rings. The summed E-state index contributed by atoms with van der Waals surface area (Å²) in [6.45, 7) is 4.63. The molecule has 0 bridgehead atoms. The largest absolute Gasteiger partial charge is 0.493 e. The highest BCUT2D eigenvalue weighted by Gasteiger charge is 2.25. The molecule has 1 heterocycles. The Morgan fingerprint density at radius 2 is 2.06 bits per heavy atom. The van der Waals surface area contributed by atoms with Crippen LogP contribution in [0.3, 0.4) is 0 Å². The zero-order chi connectivity index (χ0) is 12.1. The molecule has 0 aromatic heterocycles. The molecule has 1 fully saturated rings. The van der Waals surface area contributed by atoms with Crippen LogP contribution in [0, 0.1) is 11.3 Å². The molecule has 0 N–H and O–H groups in total. The summed E-state index contributed by atoms with van der Waals surface area (Å²) in [4.78, 5) is 2.23. The summed E-state index contributed by atoms with van der Waals surface area (Å²) < 4.78 is 5.60. The van der Waals surface area contributed by atoms with Gasteiger partial charge in [-0.2, -0.15) is 5.26 Å². The Balaban J connectivity index is 2.26. The minimum absolute atomic E-state index is 0.166. The van der Waals surface area contributed by atoms with Crippen molar-refractivity contribution in [2.75, 3.05) is 19.7 Å². The third-order valence-electron chi connectivity index (χ3n) is 3.14. The summed E-state index contributed by atoms with van der Waals surface area (Å²) in [6.07, 6.45) is 2.38. The van der Waals surface area contributed by atoms with Gasteiger partial charge in [0.15, 0.2) is 0 Å². The van der Waals surface area contributed by atoms with Crippen LogP contribution in [0.15, 0.2) is 24.3 Å². The van der Waals surface area contributed by atoms with Crippen LogP contribution in [0.4, 0.5) is 0 Å². The van der Waals surface area contributed by atoms with Crippen molar-refractivity contribution in [1.29, 1.82) is 5.26 Å². The molecule has 0 saturated carbocycles. The molecule has 90 valence electrons. The molecule has 1 aromatic rings. The normalized spacial score (nSPS) is 17.6. The first-order chi connectivity index (χ1) is 8.36. The van der Waals surface area contributed by atoms with Crippen molar-refractivity contribution in [3.63, 3.8) is 0 Å². The standard InChI is InChI=1S/C14H18N2O/c1-2-17-14-8-4-3-7-12(14)13(11-15)16-9-5-6-10-16/h3-4,7-8,13H,2,5-6,9-10H2,1H3. The highest BCUT2D eigenvalue weighted by molar-refractivity contribution is 5.38. The molecule has 0 radical (unpaired) electrons. The number of nitrogens with zero attached hydrogens (tertiary/aromatic N) is 2. The Labute approximate surface area is 103 Å². The van der Waals surface area contributed by atoms with Crippen LogP contribution in [0.1, 0.15) is 31.4 Å². The van der Waals surface area contributed by atoms with Crippen LogP contribution in [0.2, 0.25) is 0 Å². The van der Waals surface area contributed by atoms with Gasteiger partial charge in [-0.05, 0) is 38.9 Å². The first-order valence-corrected chi connectivity index (χ1v) is 6.22. The summed E-state index contributed by atoms with van der Waals surface area (Å²) in [5.74, 6) is 0.841. The van der Waals surface area contributed by atoms with Gasteiger partial charge < -0.3 is 4.74 Å². The molecular formula is C14H18N2O. The van der Waals surface area contributed by atoms with E-state index in [9.17, 15) is 5.26 Å². The Bertz CT molecular complexity index is 405. The lowest BCUT2D eigenvalue weighted by molar-refractivity contribution is 0.278. The molecule has 3 heteroatoms. The molecule has 1 aromatic carbocycles. The van der Waals surface area contributed by atoms with E-state index in [0.717, 1.165) is 24.4 Å². The van der Waals surface area contributed by atoms with Gasteiger partial charge in [-0.3, -0.25) is 4.90 Å². The van der Waals surface area contributed by atoms with Gasteiger partial charge in [0.25, 0.3) is 0 Å². The number of hydrogen-bond donors (Lipinski definition) is 0. The first-order valence-electron chi connectivity index (χ1n) is 6.22. The minimum atomic E-state index is -0.166. The topological polar surface area (TPSA) is 36.3 Å². The average molecular weight is 230 g/mol. The summed E-state index contributed by atoms with van der Waals surface area (Å²) in [5, 5.41) is 9.39. The fourth-order valence-corrected chi connectivity index (χ4v) is 2.34. The van der Waals surface area contributed by atoms with E-state index < -0.39 is 0 Å². The number of rotatable bonds is 4. The quantitative estimate of drug-likeness (QED) is 0.798. The van der Waals surface area contributed by atoms with Crippen LogP contribution < -0.4 is 4.74 Å². The van der Waals surface area contributed by atoms with Crippen LogP contribution in [0.5, 0.6) is 5.75 Å². The van der Waals surface area contributed by atoms with Gasteiger partial charge in [0.2, 0.25) is 0 Å². The molecule has 0 aliphatic carbocycles. The highest BCUT2D eigenvalue weighted by atomic mass is 16.5. The number of ether oxygens (including phenoxy) is 1. The molecule has 0 spiro atoms. The second-order valence-electron chi connectivity index (χ2n) is 4.25. The summed E-state index contributed by atoms with van der Waals surface area (Å²) >= 11 is 0. The van der Waals surface area contributed by atoms with Crippen molar-refractivity contribution < 1.29 is 4.74 Å². The molecular weight excluding hydrogens is 212 g/mol. The predicted octanol–water partition coefficient (Wildman–Crippen LogP) is 2.75. The summed E-state index contributed by atoms with van der Waals surface area (Å²) in [6, 6.07) is 10.1.